The van der Waals surface area contributed by atoms with Crippen molar-refractivity contribution in [2.45, 2.75) is 19.4 Å². The van der Waals surface area contributed by atoms with Crippen LogP contribution in [0.2, 0.25) is 0 Å². The predicted octanol–water partition coefficient (Wildman–Crippen LogP) is 1.60. The van der Waals surface area contributed by atoms with E-state index in [1.807, 2.05) is 13.8 Å². The number of benzene rings is 1. The molecule has 0 bridgehead atoms. The third kappa shape index (κ3) is 1.94. The van der Waals surface area contributed by atoms with E-state index in [1.54, 1.807) is 24.4 Å². The highest BCUT2D eigenvalue weighted by molar-refractivity contribution is 5.32. The number of halogens is 1. The normalized spacial score (nSPS) is 11.8. The van der Waals surface area contributed by atoms with Gasteiger partial charge in [0.15, 0.2) is 0 Å². The second-order valence-electron chi connectivity index (χ2n) is 4.22. The molecule has 0 saturated heterocycles. The maximum atomic E-state index is 13.5. The first-order valence-electron chi connectivity index (χ1n) is 4.95. The second kappa shape index (κ2) is 3.68. The van der Waals surface area contributed by atoms with Crippen molar-refractivity contribution in [1.82, 2.24) is 15.0 Å². The van der Waals surface area contributed by atoms with Crippen LogP contribution in [-0.2, 0) is 5.54 Å². The average molecular weight is 220 g/mol. The summed E-state index contributed by atoms with van der Waals surface area (Å²) < 4.78 is 14.8. The smallest absolute Gasteiger partial charge is 0.148 e. The zero-order valence-electron chi connectivity index (χ0n) is 9.18. The van der Waals surface area contributed by atoms with Crippen LogP contribution in [0.5, 0.6) is 0 Å². The van der Waals surface area contributed by atoms with Crippen LogP contribution in [-0.4, -0.2) is 15.0 Å². The zero-order chi connectivity index (χ0) is 11.8. The van der Waals surface area contributed by atoms with Crippen LogP contribution in [0.4, 0.5) is 4.39 Å². The van der Waals surface area contributed by atoms with Crippen molar-refractivity contribution >= 4 is 0 Å². The maximum Gasteiger partial charge on any atom is 0.148 e. The first-order chi connectivity index (χ1) is 7.48. The largest absolute Gasteiger partial charge is 0.320 e. The molecule has 5 heteroatoms. The van der Waals surface area contributed by atoms with Gasteiger partial charge in [-0.05, 0) is 26.0 Å². The Bertz CT molecular complexity index is 499. The van der Waals surface area contributed by atoms with Crippen LogP contribution in [0.3, 0.4) is 0 Å². The van der Waals surface area contributed by atoms with Gasteiger partial charge < -0.3 is 5.73 Å². The lowest BCUT2D eigenvalue weighted by molar-refractivity contribution is 0.533. The van der Waals surface area contributed by atoms with Gasteiger partial charge in [0.05, 0.1) is 11.7 Å². The molecule has 2 rings (SSSR count). The standard InChI is InChI=1S/C11H13FN4/c1-11(2,13)10-7-16(15-14-10)9-6-4-3-5-8(9)12/h3-7H,13H2,1-2H3. The van der Waals surface area contributed by atoms with Crippen molar-refractivity contribution in [2.24, 2.45) is 5.73 Å². The summed E-state index contributed by atoms with van der Waals surface area (Å²) in [4.78, 5) is 0. The average Bonchev–Trinajstić information content (AvgIpc) is 2.66. The van der Waals surface area contributed by atoms with Crippen molar-refractivity contribution in [3.8, 4) is 5.69 Å². The van der Waals surface area contributed by atoms with Crippen LogP contribution in [0, 0.1) is 5.82 Å². The van der Waals surface area contributed by atoms with E-state index in [1.165, 1.54) is 10.7 Å². The first-order valence-corrected chi connectivity index (χ1v) is 4.95. The molecule has 1 heterocycles. The van der Waals surface area contributed by atoms with Gasteiger partial charge in [0.25, 0.3) is 0 Å². The molecular formula is C11H13FN4. The zero-order valence-corrected chi connectivity index (χ0v) is 9.18. The number of nitrogens with zero attached hydrogens (tertiary/aromatic N) is 3. The molecule has 0 spiro atoms. The maximum absolute atomic E-state index is 13.5. The van der Waals surface area contributed by atoms with E-state index in [2.05, 4.69) is 10.3 Å². The highest BCUT2D eigenvalue weighted by atomic mass is 19.1. The summed E-state index contributed by atoms with van der Waals surface area (Å²) in [5.74, 6) is -0.339. The van der Waals surface area contributed by atoms with Gasteiger partial charge in [0.2, 0.25) is 0 Å². The number of hydrogen-bond donors (Lipinski definition) is 1. The Morgan fingerprint density at radius 2 is 2.00 bits per heavy atom. The molecule has 2 N–H and O–H groups in total. The quantitative estimate of drug-likeness (QED) is 0.836. The van der Waals surface area contributed by atoms with Gasteiger partial charge in [-0.15, -0.1) is 5.10 Å². The van der Waals surface area contributed by atoms with E-state index in [-0.39, 0.29) is 5.82 Å². The third-order valence-corrected chi connectivity index (χ3v) is 2.25. The number of para-hydroxylation sites is 1. The third-order valence-electron chi connectivity index (χ3n) is 2.25. The summed E-state index contributed by atoms with van der Waals surface area (Å²) in [6.45, 7) is 3.64. The van der Waals surface area contributed by atoms with Crippen molar-refractivity contribution in [2.75, 3.05) is 0 Å². The van der Waals surface area contributed by atoms with Gasteiger partial charge in [-0.3, -0.25) is 0 Å². The van der Waals surface area contributed by atoms with E-state index >= 15 is 0 Å². The van der Waals surface area contributed by atoms with Gasteiger partial charge in [0.1, 0.15) is 17.2 Å². The molecule has 0 atom stereocenters. The van der Waals surface area contributed by atoms with Crippen LogP contribution < -0.4 is 5.73 Å². The molecule has 1 aromatic carbocycles. The Morgan fingerprint density at radius 1 is 1.31 bits per heavy atom. The minimum atomic E-state index is -0.580. The van der Waals surface area contributed by atoms with Gasteiger partial charge in [-0.25, -0.2) is 9.07 Å². The van der Waals surface area contributed by atoms with Gasteiger partial charge >= 0.3 is 0 Å². The molecule has 0 aliphatic heterocycles. The summed E-state index contributed by atoms with van der Waals surface area (Å²) >= 11 is 0. The monoisotopic (exact) mass is 220 g/mol. The van der Waals surface area contributed by atoms with Crippen molar-refractivity contribution in [3.63, 3.8) is 0 Å². The summed E-state index contributed by atoms with van der Waals surface area (Å²) in [7, 11) is 0. The minimum Gasteiger partial charge on any atom is -0.320 e. The summed E-state index contributed by atoms with van der Waals surface area (Å²) in [6, 6.07) is 6.39. The minimum absolute atomic E-state index is 0.339. The molecule has 84 valence electrons. The molecule has 0 unspecified atom stereocenters. The van der Waals surface area contributed by atoms with E-state index < -0.39 is 5.54 Å². The van der Waals surface area contributed by atoms with Crippen LogP contribution >= 0.6 is 0 Å². The Morgan fingerprint density at radius 3 is 2.56 bits per heavy atom. The fourth-order valence-electron chi connectivity index (χ4n) is 1.31. The second-order valence-corrected chi connectivity index (χ2v) is 4.22. The highest BCUT2D eigenvalue weighted by Crippen LogP contribution is 2.16. The molecule has 16 heavy (non-hydrogen) atoms. The summed E-state index contributed by atoms with van der Waals surface area (Å²) in [5.41, 5.74) is 6.28. The van der Waals surface area contributed by atoms with E-state index in [0.29, 0.717) is 11.4 Å². The molecule has 0 fully saturated rings. The summed E-state index contributed by atoms with van der Waals surface area (Å²) in [6.07, 6.45) is 1.64. The topological polar surface area (TPSA) is 56.7 Å². The van der Waals surface area contributed by atoms with Crippen molar-refractivity contribution in [1.29, 1.82) is 0 Å². The molecule has 4 nitrogen and oxygen atoms in total. The lowest BCUT2D eigenvalue weighted by Gasteiger charge is -2.13. The lowest BCUT2D eigenvalue weighted by atomic mass is 10.0. The Labute approximate surface area is 92.9 Å². The SMILES string of the molecule is CC(C)(N)c1cn(-c2ccccc2F)nn1. The lowest BCUT2D eigenvalue weighted by Crippen LogP contribution is -2.29. The number of aromatic nitrogens is 3. The van der Waals surface area contributed by atoms with Crippen molar-refractivity contribution in [3.05, 3.63) is 42.0 Å². The van der Waals surface area contributed by atoms with Crippen LogP contribution in [0.1, 0.15) is 19.5 Å². The fourth-order valence-corrected chi connectivity index (χ4v) is 1.31. The fraction of sp³-hybridized carbons (Fsp3) is 0.273. The Hall–Kier alpha value is -1.75. The number of hydrogen-bond acceptors (Lipinski definition) is 3. The van der Waals surface area contributed by atoms with Crippen molar-refractivity contribution < 1.29 is 4.39 Å². The molecule has 0 saturated carbocycles. The van der Waals surface area contributed by atoms with E-state index in [0.717, 1.165) is 0 Å². The molecule has 2 aromatic rings. The molecule has 0 radical (unpaired) electrons. The molecule has 0 amide bonds. The van der Waals surface area contributed by atoms with Gasteiger partial charge in [0, 0.05) is 0 Å². The molecular weight excluding hydrogens is 207 g/mol. The highest BCUT2D eigenvalue weighted by Gasteiger charge is 2.19. The Balaban J connectivity index is 2.44. The molecule has 0 aliphatic carbocycles. The van der Waals surface area contributed by atoms with E-state index in [9.17, 15) is 4.39 Å². The van der Waals surface area contributed by atoms with Crippen LogP contribution in [0.15, 0.2) is 30.5 Å². The first kappa shape index (κ1) is 10.8. The number of nitrogens with two attached hydrogens (primary N) is 1. The van der Waals surface area contributed by atoms with Gasteiger partial charge in [-0.1, -0.05) is 17.3 Å². The van der Waals surface area contributed by atoms with Crippen LogP contribution in [0.25, 0.3) is 5.69 Å². The summed E-state index contributed by atoms with van der Waals surface area (Å²) in [5, 5.41) is 7.79. The molecule has 1 aromatic heterocycles. The number of rotatable bonds is 2. The van der Waals surface area contributed by atoms with Gasteiger partial charge in [-0.2, -0.15) is 0 Å². The van der Waals surface area contributed by atoms with E-state index in [4.69, 9.17) is 5.73 Å². The molecule has 0 aliphatic rings. The predicted molar refractivity (Wildman–Crippen MR) is 58.5 cm³/mol. The Kier molecular flexibility index (Phi) is 2.47.